The molecule has 0 atom stereocenters. The highest BCUT2D eigenvalue weighted by molar-refractivity contribution is 6.32. The van der Waals surface area contributed by atoms with E-state index in [1.165, 1.54) is 0 Å². The van der Waals surface area contributed by atoms with Crippen molar-refractivity contribution in [2.24, 2.45) is 0 Å². The number of ether oxygens (including phenoxy) is 1. The van der Waals surface area contributed by atoms with Crippen LogP contribution in [0.1, 0.15) is 20.8 Å². The predicted molar refractivity (Wildman–Crippen MR) is 73.4 cm³/mol. The Morgan fingerprint density at radius 2 is 2.33 bits per heavy atom. The van der Waals surface area contributed by atoms with E-state index in [4.69, 9.17) is 16.3 Å². The summed E-state index contributed by atoms with van der Waals surface area (Å²) in [5, 5.41) is 3.67. The molecule has 18 heavy (non-hydrogen) atoms. The van der Waals surface area contributed by atoms with Crippen molar-refractivity contribution in [2.75, 3.05) is 36.5 Å². The van der Waals surface area contributed by atoms with Gasteiger partial charge < -0.3 is 15.0 Å². The summed E-state index contributed by atoms with van der Waals surface area (Å²) < 4.78 is 5.69. The average Bonchev–Trinajstić information content (AvgIpc) is 2.30. The van der Waals surface area contributed by atoms with Crippen LogP contribution >= 0.6 is 11.6 Å². The van der Waals surface area contributed by atoms with E-state index in [0.717, 1.165) is 25.5 Å². The van der Waals surface area contributed by atoms with E-state index in [-0.39, 0.29) is 5.60 Å². The minimum atomic E-state index is -0.176. The number of hydrogen-bond acceptors (Lipinski definition) is 5. The van der Waals surface area contributed by atoms with E-state index in [0.29, 0.717) is 17.6 Å². The SMILES string of the molecule is CCNc1ncc(Cl)c(N2CCOC(C)(C)C2)n1. The van der Waals surface area contributed by atoms with E-state index in [1.54, 1.807) is 6.20 Å². The van der Waals surface area contributed by atoms with Gasteiger partial charge in [0.05, 0.1) is 18.4 Å². The van der Waals surface area contributed by atoms with Crippen molar-refractivity contribution >= 4 is 23.4 Å². The summed E-state index contributed by atoms with van der Waals surface area (Å²) in [7, 11) is 0. The Morgan fingerprint density at radius 3 is 3.00 bits per heavy atom. The summed E-state index contributed by atoms with van der Waals surface area (Å²) in [5.41, 5.74) is -0.176. The maximum Gasteiger partial charge on any atom is 0.224 e. The summed E-state index contributed by atoms with van der Waals surface area (Å²) >= 11 is 6.19. The third-order valence-corrected chi connectivity index (χ3v) is 3.05. The first-order valence-electron chi connectivity index (χ1n) is 6.17. The number of nitrogens with one attached hydrogen (secondary N) is 1. The fourth-order valence-corrected chi connectivity index (χ4v) is 2.23. The lowest BCUT2D eigenvalue weighted by molar-refractivity contribution is -0.0279. The Kier molecular flexibility index (Phi) is 3.92. The summed E-state index contributed by atoms with van der Waals surface area (Å²) in [4.78, 5) is 10.8. The molecule has 2 rings (SSSR count). The minimum absolute atomic E-state index is 0.176. The highest BCUT2D eigenvalue weighted by Gasteiger charge is 2.29. The Bertz CT molecular complexity index is 425. The first-order valence-corrected chi connectivity index (χ1v) is 6.55. The molecule has 1 aromatic heterocycles. The van der Waals surface area contributed by atoms with E-state index in [2.05, 4.69) is 34.0 Å². The third-order valence-electron chi connectivity index (χ3n) is 2.79. The summed E-state index contributed by atoms with van der Waals surface area (Å²) in [6, 6.07) is 0. The number of hydrogen-bond donors (Lipinski definition) is 1. The molecule has 0 radical (unpaired) electrons. The summed E-state index contributed by atoms with van der Waals surface area (Å²) in [6.45, 7) is 9.19. The van der Waals surface area contributed by atoms with Gasteiger partial charge in [-0.05, 0) is 20.8 Å². The minimum Gasteiger partial charge on any atom is -0.372 e. The van der Waals surface area contributed by atoms with Crippen molar-refractivity contribution in [2.45, 2.75) is 26.4 Å². The van der Waals surface area contributed by atoms with Crippen molar-refractivity contribution in [3.63, 3.8) is 0 Å². The molecule has 0 aromatic carbocycles. The van der Waals surface area contributed by atoms with Gasteiger partial charge in [0.15, 0.2) is 5.82 Å². The number of aromatic nitrogens is 2. The van der Waals surface area contributed by atoms with Crippen LogP contribution in [-0.2, 0) is 4.74 Å². The van der Waals surface area contributed by atoms with Gasteiger partial charge >= 0.3 is 0 Å². The van der Waals surface area contributed by atoms with E-state index in [9.17, 15) is 0 Å². The molecule has 0 bridgehead atoms. The van der Waals surface area contributed by atoms with Crippen molar-refractivity contribution in [1.29, 1.82) is 0 Å². The lowest BCUT2D eigenvalue weighted by Gasteiger charge is -2.39. The average molecular weight is 271 g/mol. The van der Waals surface area contributed by atoms with Gasteiger partial charge in [0.25, 0.3) is 0 Å². The summed E-state index contributed by atoms with van der Waals surface area (Å²) in [6.07, 6.45) is 1.64. The normalized spacial score (nSPS) is 18.8. The molecule has 0 saturated carbocycles. The molecular weight excluding hydrogens is 252 g/mol. The Balaban J connectivity index is 2.23. The standard InChI is InChI=1S/C12H19ClN4O/c1-4-14-11-15-7-9(13)10(16-11)17-5-6-18-12(2,3)8-17/h7H,4-6,8H2,1-3H3,(H,14,15,16). The third kappa shape index (κ3) is 3.03. The fourth-order valence-electron chi connectivity index (χ4n) is 2.02. The fraction of sp³-hybridized carbons (Fsp3) is 0.667. The van der Waals surface area contributed by atoms with Crippen LogP contribution in [0.2, 0.25) is 5.02 Å². The molecule has 0 amide bonds. The lowest BCUT2D eigenvalue weighted by Crippen LogP contribution is -2.48. The largest absolute Gasteiger partial charge is 0.372 e. The zero-order valence-electron chi connectivity index (χ0n) is 11.0. The van der Waals surface area contributed by atoms with Crippen molar-refractivity contribution in [1.82, 2.24) is 9.97 Å². The molecule has 1 N–H and O–H groups in total. The molecule has 1 aliphatic heterocycles. The summed E-state index contributed by atoms with van der Waals surface area (Å²) in [5.74, 6) is 1.39. The molecule has 1 fully saturated rings. The quantitative estimate of drug-likeness (QED) is 0.912. The van der Waals surface area contributed by atoms with Crippen LogP contribution in [0.25, 0.3) is 0 Å². The van der Waals surface area contributed by atoms with Crippen LogP contribution < -0.4 is 10.2 Å². The highest BCUT2D eigenvalue weighted by Crippen LogP contribution is 2.28. The lowest BCUT2D eigenvalue weighted by atomic mass is 10.1. The molecule has 2 heterocycles. The topological polar surface area (TPSA) is 50.3 Å². The van der Waals surface area contributed by atoms with Gasteiger partial charge in [0.2, 0.25) is 5.95 Å². The van der Waals surface area contributed by atoms with E-state index < -0.39 is 0 Å². The van der Waals surface area contributed by atoms with Crippen molar-refractivity contribution in [3.05, 3.63) is 11.2 Å². The molecule has 0 aliphatic carbocycles. The molecule has 0 unspecified atom stereocenters. The van der Waals surface area contributed by atoms with Gasteiger partial charge in [-0.2, -0.15) is 4.98 Å². The smallest absolute Gasteiger partial charge is 0.224 e. The predicted octanol–water partition coefficient (Wildman–Crippen LogP) is 2.18. The Labute approximate surface area is 113 Å². The van der Waals surface area contributed by atoms with Crippen LogP contribution in [0.4, 0.5) is 11.8 Å². The number of anilines is 2. The van der Waals surface area contributed by atoms with Gasteiger partial charge in [-0.1, -0.05) is 11.6 Å². The Morgan fingerprint density at radius 1 is 1.56 bits per heavy atom. The second kappa shape index (κ2) is 5.28. The van der Waals surface area contributed by atoms with E-state index >= 15 is 0 Å². The first-order chi connectivity index (χ1) is 8.52. The second-order valence-corrected chi connectivity index (χ2v) is 5.33. The molecule has 0 spiro atoms. The number of rotatable bonds is 3. The first kappa shape index (κ1) is 13.4. The van der Waals surface area contributed by atoms with E-state index in [1.807, 2.05) is 6.92 Å². The van der Waals surface area contributed by atoms with Crippen LogP contribution in [0.3, 0.4) is 0 Å². The number of nitrogens with zero attached hydrogens (tertiary/aromatic N) is 3. The van der Waals surface area contributed by atoms with Crippen molar-refractivity contribution in [3.8, 4) is 0 Å². The molecule has 6 heteroatoms. The molecule has 5 nitrogen and oxygen atoms in total. The zero-order chi connectivity index (χ0) is 13.2. The number of morpholine rings is 1. The van der Waals surface area contributed by atoms with Gasteiger partial charge in [0, 0.05) is 19.6 Å². The van der Waals surface area contributed by atoms with Gasteiger partial charge in [0.1, 0.15) is 5.02 Å². The maximum atomic E-state index is 6.19. The van der Waals surface area contributed by atoms with Gasteiger partial charge in [-0.15, -0.1) is 0 Å². The van der Waals surface area contributed by atoms with Crippen LogP contribution in [-0.4, -0.2) is 41.8 Å². The molecule has 1 aromatic rings. The monoisotopic (exact) mass is 270 g/mol. The maximum absolute atomic E-state index is 6.19. The molecular formula is C12H19ClN4O. The molecule has 1 aliphatic rings. The molecule has 100 valence electrons. The highest BCUT2D eigenvalue weighted by atomic mass is 35.5. The number of halogens is 1. The van der Waals surface area contributed by atoms with Crippen LogP contribution in [0.5, 0.6) is 0 Å². The van der Waals surface area contributed by atoms with Gasteiger partial charge in [-0.25, -0.2) is 4.98 Å². The van der Waals surface area contributed by atoms with Crippen LogP contribution in [0, 0.1) is 0 Å². The van der Waals surface area contributed by atoms with Gasteiger partial charge in [-0.3, -0.25) is 0 Å². The zero-order valence-corrected chi connectivity index (χ0v) is 11.8. The van der Waals surface area contributed by atoms with Crippen LogP contribution in [0.15, 0.2) is 6.20 Å². The molecule has 1 saturated heterocycles. The Hall–Kier alpha value is -1.07. The second-order valence-electron chi connectivity index (χ2n) is 4.93. The van der Waals surface area contributed by atoms with Crippen molar-refractivity contribution < 1.29 is 4.74 Å².